The summed E-state index contributed by atoms with van der Waals surface area (Å²) in [7, 11) is 0. The monoisotopic (exact) mass is 305 g/mol. The highest BCUT2D eigenvalue weighted by Crippen LogP contribution is 2.34. The van der Waals surface area contributed by atoms with Crippen LogP contribution in [0.3, 0.4) is 0 Å². The molecule has 0 amide bonds. The second kappa shape index (κ2) is 3.59. The minimum atomic E-state index is -0.519. The van der Waals surface area contributed by atoms with Crippen LogP contribution < -0.4 is 0 Å². The van der Waals surface area contributed by atoms with Gasteiger partial charge >= 0.3 is 0 Å². The highest BCUT2D eigenvalue weighted by molar-refractivity contribution is 9.10. The molecule has 0 aliphatic rings. The molecule has 2 heteroatoms. The topological polar surface area (TPSA) is 13.1 Å². The zero-order valence-electron chi connectivity index (χ0n) is 17.8. The lowest BCUT2D eigenvalue weighted by Crippen LogP contribution is -1.72. The number of rotatable bonds is 0. The van der Waals surface area contributed by atoms with Gasteiger partial charge in [-0.25, -0.2) is 0 Å². The van der Waals surface area contributed by atoms with Crippen LogP contribution in [0.5, 0.6) is 0 Å². The molecule has 0 spiro atoms. The summed E-state index contributed by atoms with van der Waals surface area (Å²) in [4.78, 5) is 0. The van der Waals surface area contributed by atoms with Crippen LogP contribution >= 0.6 is 15.9 Å². The number of benzene rings is 3. The predicted molar refractivity (Wildman–Crippen MR) is 78.9 cm³/mol. The molecule has 1 heterocycles. The van der Waals surface area contributed by atoms with Gasteiger partial charge in [0.05, 0.1) is 12.3 Å². The molecule has 0 aliphatic heterocycles. The Morgan fingerprint density at radius 3 is 2.67 bits per heavy atom. The maximum Gasteiger partial charge on any atom is 0.143 e. The molecule has 0 radical (unpaired) electrons. The molecule has 0 aliphatic carbocycles. The fourth-order valence-electron chi connectivity index (χ4n) is 1.88. The Morgan fingerprint density at radius 1 is 0.889 bits per heavy atom. The van der Waals surface area contributed by atoms with Gasteiger partial charge in [0.1, 0.15) is 11.2 Å². The molecule has 18 heavy (non-hydrogen) atoms. The number of fused-ring (bicyclic) bond motifs is 5. The lowest BCUT2D eigenvalue weighted by Gasteiger charge is -1.97. The lowest BCUT2D eigenvalue weighted by molar-refractivity contribution is 0.672. The number of halogens is 1. The van der Waals surface area contributed by atoms with E-state index in [2.05, 4.69) is 15.9 Å². The summed E-state index contributed by atoms with van der Waals surface area (Å²) in [6.07, 6.45) is 0. The molecule has 1 nitrogen and oxygen atoms in total. The smallest absolute Gasteiger partial charge is 0.143 e. The Kier molecular flexibility index (Phi) is 0.940. The van der Waals surface area contributed by atoms with Crippen molar-refractivity contribution in [3.8, 4) is 0 Å². The van der Waals surface area contributed by atoms with Crippen molar-refractivity contribution in [1.82, 2.24) is 0 Å². The Balaban J connectivity index is 2.47. The molecule has 0 fully saturated rings. The molecule has 0 saturated carbocycles. The van der Waals surface area contributed by atoms with Crippen LogP contribution in [-0.4, -0.2) is 0 Å². The third-order valence-electron chi connectivity index (χ3n) is 2.66. The van der Waals surface area contributed by atoms with Gasteiger partial charge in [-0.3, -0.25) is 0 Å². The average Bonchev–Trinajstić information content (AvgIpc) is 3.04. The van der Waals surface area contributed by atoms with Gasteiger partial charge < -0.3 is 4.42 Å². The minimum Gasteiger partial charge on any atom is -0.455 e. The Bertz CT molecular complexity index is 1330. The van der Waals surface area contributed by atoms with Crippen molar-refractivity contribution >= 4 is 48.6 Å². The van der Waals surface area contributed by atoms with E-state index in [9.17, 15) is 0 Å². The van der Waals surface area contributed by atoms with Crippen molar-refractivity contribution in [2.75, 3.05) is 0 Å². The first kappa shape index (κ1) is 4.71. The maximum atomic E-state index is 8.33. The number of hydrogen-bond donors (Lipinski definition) is 0. The SMILES string of the molecule is [2H]c1c([2H])c([2H])c2c(c1[2H])c([2H])c([2H])c1c2oc2c([2H])c(Br)c([2H])c([2H])c21. The van der Waals surface area contributed by atoms with Gasteiger partial charge in [0.25, 0.3) is 0 Å². The van der Waals surface area contributed by atoms with Gasteiger partial charge in [-0.05, 0) is 29.6 Å². The Hall–Kier alpha value is -1.80. The van der Waals surface area contributed by atoms with Crippen LogP contribution in [0.25, 0.3) is 32.7 Å². The summed E-state index contributed by atoms with van der Waals surface area (Å²) in [6.45, 7) is 0. The van der Waals surface area contributed by atoms with E-state index in [0.717, 1.165) is 0 Å². The van der Waals surface area contributed by atoms with E-state index in [1.54, 1.807) is 0 Å². The van der Waals surface area contributed by atoms with E-state index in [1.165, 1.54) is 0 Å². The van der Waals surface area contributed by atoms with Crippen LogP contribution in [0.1, 0.15) is 12.3 Å². The third-order valence-corrected chi connectivity index (χ3v) is 3.05. The van der Waals surface area contributed by atoms with Gasteiger partial charge in [-0.15, -0.1) is 0 Å². The van der Waals surface area contributed by atoms with E-state index >= 15 is 0 Å². The first-order chi connectivity index (χ1) is 12.6. The molecular formula is C16H9BrO. The van der Waals surface area contributed by atoms with Crippen LogP contribution in [0.15, 0.2) is 63.3 Å². The van der Waals surface area contributed by atoms with Gasteiger partial charge in [0.15, 0.2) is 0 Å². The summed E-state index contributed by atoms with van der Waals surface area (Å²) in [5.74, 6) is 0. The molecule has 4 aromatic rings. The normalized spacial score (nSPS) is 18.6. The predicted octanol–water partition coefficient (Wildman–Crippen LogP) is 5.50. The summed E-state index contributed by atoms with van der Waals surface area (Å²) in [6, 6.07) is -3.47. The molecule has 3 aromatic carbocycles. The third kappa shape index (κ3) is 1.33. The van der Waals surface area contributed by atoms with E-state index in [4.69, 9.17) is 16.8 Å². The zero-order valence-corrected chi connectivity index (χ0v) is 10.4. The Labute approximate surface area is 125 Å². The quantitative estimate of drug-likeness (QED) is 0.418. The van der Waals surface area contributed by atoms with E-state index in [0.29, 0.717) is 0 Å². The van der Waals surface area contributed by atoms with Gasteiger partial charge in [-0.1, -0.05) is 46.1 Å². The van der Waals surface area contributed by atoms with E-state index in [1.807, 2.05) is 0 Å². The second-order valence-corrected chi connectivity index (χ2v) is 4.49. The molecule has 0 bridgehead atoms. The summed E-state index contributed by atoms with van der Waals surface area (Å²) in [5, 5.41) is -0.224. The van der Waals surface area contributed by atoms with Crippen molar-refractivity contribution in [3.63, 3.8) is 0 Å². The summed E-state index contributed by atoms with van der Waals surface area (Å²) < 4.78 is 78.7. The standard InChI is InChI=1S/C16H9BrO/c17-11-6-8-13-14-7-5-10-3-1-2-4-12(10)16(14)18-15(13)9-11/h1-9H/i1D,2D,3D,4D,5D,6D,7D,8D,9D. The zero-order chi connectivity index (χ0) is 19.9. The van der Waals surface area contributed by atoms with Gasteiger partial charge in [0, 0.05) is 20.6 Å². The molecule has 1 aromatic heterocycles. The molecule has 0 saturated heterocycles. The van der Waals surface area contributed by atoms with Crippen molar-refractivity contribution in [1.29, 1.82) is 0 Å². The first-order valence-corrected chi connectivity index (χ1v) is 5.89. The van der Waals surface area contributed by atoms with Crippen molar-refractivity contribution in [3.05, 3.63) is 58.9 Å². The number of hydrogen-bond acceptors (Lipinski definition) is 1. The van der Waals surface area contributed by atoms with E-state index < -0.39 is 30.2 Å². The van der Waals surface area contributed by atoms with Crippen molar-refractivity contribution in [2.24, 2.45) is 0 Å². The fraction of sp³-hybridized carbons (Fsp3) is 0. The first-order valence-electron chi connectivity index (χ1n) is 9.60. The van der Waals surface area contributed by atoms with Gasteiger partial charge in [0.2, 0.25) is 0 Å². The van der Waals surface area contributed by atoms with E-state index in [-0.39, 0.29) is 61.4 Å². The largest absolute Gasteiger partial charge is 0.455 e. The molecular weight excluding hydrogens is 288 g/mol. The fourth-order valence-corrected chi connectivity index (χ4v) is 2.16. The lowest BCUT2D eigenvalue weighted by atomic mass is 10.1. The van der Waals surface area contributed by atoms with Crippen LogP contribution in [0.4, 0.5) is 0 Å². The van der Waals surface area contributed by atoms with Crippen LogP contribution in [-0.2, 0) is 0 Å². The van der Waals surface area contributed by atoms with Crippen molar-refractivity contribution < 1.29 is 16.8 Å². The average molecular weight is 306 g/mol. The number of furan rings is 1. The van der Waals surface area contributed by atoms with Crippen LogP contribution in [0.2, 0.25) is 0 Å². The van der Waals surface area contributed by atoms with Crippen molar-refractivity contribution in [2.45, 2.75) is 0 Å². The minimum absolute atomic E-state index is 0.00738. The maximum absolute atomic E-state index is 8.33. The summed E-state index contributed by atoms with van der Waals surface area (Å²) >= 11 is 3.08. The summed E-state index contributed by atoms with van der Waals surface area (Å²) in [5.41, 5.74) is -0.168. The van der Waals surface area contributed by atoms with Crippen LogP contribution in [0, 0.1) is 0 Å². The molecule has 0 atom stereocenters. The highest BCUT2D eigenvalue weighted by atomic mass is 79.9. The highest BCUT2D eigenvalue weighted by Gasteiger charge is 2.09. The molecule has 0 unspecified atom stereocenters. The molecule has 4 rings (SSSR count). The molecule has 0 N–H and O–H groups in total. The Morgan fingerprint density at radius 2 is 1.72 bits per heavy atom. The van der Waals surface area contributed by atoms with Gasteiger partial charge in [-0.2, -0.15) is 0 Å². The second-order valence-electron chi connectivity index (χ2n) is 3.70. The molecule has 86 valence electrons.